The molecule has 6 nitrogen and oxygen atoms in total. The number of aryl methyl sites for hydroxylation is 1. The third-order valence-electron chi connectivity index (χ3n) is 4.25. The topological polar surface area (TPSA) is 83.8 Å². The second-order valence-electron chi connectivity index (χ2n) is 6.35. The zero-order valence-electron chi connectivity index (χ0n) is 14.8. The molecule has 0 aliphatic heterocycles. The number of benzene rings is 1. The molecule has 0 saturated carbocycles. The standard InChI is InChI=1S/C17H14F6N4O2/c1-8-24-14-13(15(29)25-8)11(7-28)26-27(14)12(6-16(18,19)20)9-2-4-10(5-3-9)17(21,22)23/h2-5,12,28H,6-7H2,1H3,(H,24,25,29)/t12-/m1/s1. The summed E-state index contributed by atoms with van der Waals surface area (Å²) >= 11 is 0. The molecule has 12 heteroatoms. The number of alkyl halides is 6. The van der Waals surface area contributed by atoms with Gasteiger partial charge in [-0.15, -0.1) is 0 Å². The van der Waals surface area contributed by atoms with Gasteiger partial charge in [-0.05, 0) is 24.6 Å². The van der Waals surface area contributed by atoms with Crippen LogP contribution in [0.1, 0.15) is 35.1 Å². The van der Waals surface area contributed by atoms with Crippen molar-refractivity contribution in [1.82, 2.24) is 19.7 Å². The van der Waals surface area contributed by atoms with Crippen molar-refractivity contribution in [3.63, 3.8) is 0 Å². The predicted molar refractivity (Wildman–Crippen MR) is 89.1 cm³/mol. The number of nitrogens with one attached hydrogen (secondary N) is 1. The Labute approximate surface area is 158 Å². The number of aliphatic hydroxyl groups excluding tert-OH is 1. The fourth-order valence-corrected chi connectivity index (χ4v) is 3.01. The summed E-state index contributed by atoms with van der Waals surface area (Å²) in [6, 6.07) is 1.59. The van der Waals surface area contributed by atoms with Gasteiger partial charge >= 0.3 is 12.4 Å². The van der Waals surface area contributed by atoms with Crippen LogP contribution in [0.2, 0.25) is 0 Å². The molecule has 3 aromatic rings. The van der Waals surface area contributed by atoms with Crippen LogP contribution in [-0.2, 0) is 12.8 Å². The molecule has 0 unspecified atom stereocenters. The highest BCUT2D eigenvalue weighted by Crippen LogP contribution is 2.36. The van der Waals surface area contributed by atoms with Crippen LogP contribution >= 0.6 is 0 Å². The number of rotatable bonds is 4. The number of hydrogen-bond acceptors (Lipinski definition) is 4. The number of halogens is 6. The van der Waals surface area contributed by atoms with Gasteiger partial charge in [-0.3, -0.25) is 4.79 Å². The number of H-pyrrole nitrogens is 1. The van der Waals surface area contributed by atoms with E-state index in [4.69, 9.17) is 0 Å². The monoisotopic (exact) mass is 420 g/mol. The van der Waals surface area contributed by atoms with Crippen molar-refractivity contribution in [2.45, 2.75) is 38.3 Å². The molecule has 2 heterocycles. The maximum atomic E-state index is 13.2. The van der Waals surface area contributed by atoms with E-state index in [1.54, 1.807) is 0 Å². The van der Waals surface area contributed by atoms with Crippen molar-refractivity contribution in [1.29, 1.82) is 0 Å². The highest BCUT2D eigenvalue weighted by molar-refractivity contribution is 5.77. The minimum atomic E-state index is -4.69. The molecule has 0 fully saturated rings. The van der Waals surface area contributed by atoms with Crippen LogP contribution in [0.15, 0.2) is 29.1 Å². The fraction of sp³-hybridized carbons (Fsp3) is 0.353. The Morgan fingerprint density at radius 3 is 2.28 bits per heavy atom. The lowest BCUT2D eigenvalue weighted by molar-refractivity contribution is -0.141. The number of hydrogen-bond donors (Lipinski definition) is 2. The summed E-state index contributed by atoms with van der Waals surface area (Å²) in [6.07, 6.45) is -10.8. The van der Waals surface area contributed by atoms with Gasteiger partial charge in [0.2, 0.25) is 0 Å². The zero-order valence-corrected chi connectivity index (χ0v) is 14.8. The molecule has 3 rings (SSSR count). The molecular weight excluding hydrogens is 406 g/mol. The van der Waals surface area contributed by atoms with E-state index in [1.165, 1.54) is 6.92 Å². The first-order valence-electron chi connectivity index (χ1n) is 8.23. The summed E-state index contributed by atoms with van der Waals surface area (Å²) in [6.45, 7) is 0.677. The SMILES string of the molecule is Cc1nc2c(c(CO)nn2[C@H](CC(F)(F)F)c2ccc(C(F)(F)F)cc2)c(=O)[nH]1. The number of fused-ring (bicyclic) bond motifs is 1. The third-order valence-corrected chi connectivity index (χ3v) is 4.25. The van der Waals surface area contributed by atoms with Crippen LogP contribution in [-0.4, -0.2) is 31.0 Å². The normalized spacial score (nSPS) is 13.8. The van der Waals surface area contributed by atoms with Crippen LogP contribution in [0.5, 0.6) is 0 Å². The maximum Gasteiger partial charge on any atom is 0.416 e. The van der Waals surface area contributed by atoms with Crippen molar-refractivity contribution < 1.29 is 31.4 Å². The molecule has 156 valence electrons. The molecule has 0 amide bonds. The first kappa shape index (κ1) is 20.8. The first-order valence-corrected chi connectivity index (χ1v) is 8.23. The maximum absolute atomic E-state index is 13.2. The van der Waals surface area contributed by atoms with Crippen molar-refractivity contribution in [2.24, 2.45) is 0 Å². The van der Waals surface area contributed by atoms with E-state index in [9.17, 15) is 36.2 Å². The van der Waals surface area contributed by atoms with Gasteiger partial charge in [0, 0.05) is 0 Å². The van der Waals surface area contributed by atoms with E-state index in [-0.39, 0.29) is 28.1 Å². The molecule has 0 bridgehead atoms. The molecule has 29 heavy (non-hydrogen) atoms. The minimum Gasteiger partial charge on any atom is -0.390 e. The van der Waals surface area contributed by atoms with E-state index in [1.807, 2.05) is 0 Å². The van der Waals surface area contributed by atoms with Crippen LogP contribution < -0.4 is 5.56 Å². The average Bonchev–Trinajstić information content (AvgIpc) is 2.97. The second-order valence-corrected chi connectivity index (χ2v) is 6.35. The summed E-state index contributed by atoms with van der Waals surface area (Å²) in [5.41, 5.74) is -2.21. The lowest BCUT2D eigenvalue weighted by atomic mass is 10.0. The molecule has 0 saturated heterocycles. The van der Waals surface area contributed by atoms with Crippen LogP contribution in [0.25, 0.3) is 11.0 Å². The van der Waals surface area contributed by atoms with Gasteiger partial charge in [0.1, 0.15) is 16.9 Å². The minimum absolute atomic E-state index is 0.103. The van der Waals surface area contributed by atoms with Crippen molar-refractivity contribution in [3.05, 3.63) is 57.3 Å². The van der Waals surface area contributed by atoms with Crippen molar-refractivity contribution in [3.8, 4) is 0 Å². The summed E-state index contributed by atoms with van der Waals surface area (Å²) in [7, 11) is 0. The molecule has 1 atom stereocenters. The van der Waals surface area contributed by atoms with Gasteiger partial charge < -0.3 is 10.1 Å². The quantitative estimate of drug-likeness (QED) is 0.633. The summed E-state index contributed by atoms with van der Waals surface area (Å²) in [5, 5.41) is 13.2. The zero-order chi connectivity index (χ0) is 21.6. The molecule has 0 spiro atoms. The van der Waals surface area contributed by atoms with Gasteiger partial charge in [-0.2, -0.15) is 31.4 Å². The Kier molecular flexibility index (Phi) is 5.15. The molecular formula is C17H14F6N4O2. The second kappa shape index (κ2) is 7.17. The summed E-state index contributed by atoms with van der Waals surface area (Å²) < 4.78 is 78.9. The van der Waals surface area contributed by atoms with Crippen molar-refractivity contribution >= 4 is 11.0 Å². The van der Waals surface area contributed by atoms with E-state index in [0.29, 0.717) is 12.1 Å². The molecule has 2 N–H and O–H groups in total. The number of aromatic amines is 1. The van der Waals surface area contributed by atoms with Gasteiger partial charge in [0.05, 0.1) is 24.6 Å². The summed E-state index contributed by atoms with van der Waals surface area (Å²) in [4.78, 5) is 18.6. The fourth-order valence-electron chi connectivity index (χ4n) is 3.01. The Hall–Kier alpha value is -2.89. The number of aromatic nitrogens is 4. The highest BCUT2D eigenvalue weighted by atomic mass is 19.4. The molecule has 1 aromatic carbocycles. The summed E-state index contributed by atoms with van der Waals surface area (Å²) in [5.74, 6) is 0.103. The molecule has 0 aliphatic carbocycles. The Bertz CT molecular complexity index is 1080. The average molecular weight is 420 g/mol. The lowest BCUT2D eigenvalue weighted by Gasteiger charge is -2.21. The van der Waals surface area contributed by atoms with Gasteiger partial charge in [0.15, 0.2) is 5.65 Å². The Balaban J connectivity index is 2.22. The number of nitrogens with zero attached hydrogens (tertiary/aromatic N) is 3. The third kappa shape index (κ3) is 4.26. The van der Waals surface area contributed by atoms with E-state index >= 15 is 0 Å². The van der Waals surface area contributed by atoms with E-state index in [0.717, 1.165) is 16.8 Å². The van der Waals surface area contributed by atoms with Crippen molar-refractivity contribution in [2.75, 3.05) is 0 Å². The van der Waals surface area contributed by atoms with Gasteiger partial charge in [0.25, 0.3) is 5.56 Å². The van der Waals surface area contributed by atoms with Gasteiger partial charge in [-0.25, -0.2) is 9.67 Å². The van der Waals surface area contributed by atoms with E-state index < -0.39 is 42.5 Å². The van der Waals surface area contributed by atoms with Crippen LogP contribution in [0.4, 0.5) is 26.3 Å². The largest absolute Gasteiger partial charge is 0.416 e. The van der Waals surface area contributed by atoms with Crippen LogP contribution in [0.3, 0.4) is 0 Å². The van der Waals surface area contributed by atoms with E-state index in [2.05, 4.69) is 15.1 Å². The number of aliphatic hydroxyl groups is 1. The molecule has 0 radical (unpaired) electrons. The highest BCUT2D eigenvalue weighted by Gasteiger charge is 2.36. The van der Waals surface area contributed by atoms with Gasteiger partial charge in [-0.1, -0.05) is 12.1 Å². The molecule has 0 aliphatic rings. The Morgan fingerprint density at radius 1 is 1.14 bits per heavy atom. The first-order chi connectivity index (χ1) is 13.4. The lowest BCUT2D eigenvalue weighted by Crippen LogP contribution is -2.22. The Morgan fingerprint density at radius 2 is 1.76 bits per heavy atom. The predicted octanol–water partition coefficient (Wildman–Crippen LogP) is 3.48. The smallest absolute Gasteiger partial charge is 0.390 e. The van der Waals surface area contributed by atoms with Crippen LogP contribution in [0, 0.1) is 6.92 Å². The molecule has 2 aromatic heterocycles.